The van der Waals surface area contributed by atoms with Crippen LogP contribution in [0.25, 0.3) is 0 Å². The maximum Gasteiger partial charge on any atom is 0.251 e. The summed E-state index contributed by atoms with van der Waals surface area (Å²) in [7, 11) is -3.86. The van der Waals surface area contributed by atoms with E-state index in [0.717, 1.165) is 5.56 Å². The zero-order valence-corrected chi connectivity index (χ0v) is 16.3. The van der Waals surface area contributed by atoms with Crippen molar-refractivity contribution in [3.05, 3.63) is 58.9 Å². The first kappa shape index (κ1) is 19.3. The fraction of sp³-hybridized carbons (Fsp3) is 0.278. The highest BCUT2D eigenvalue weighted by Gasteiger charge is 2.50. The van der Waals surface area contributed by atoms with Crippen molar-refractivity contribution in [3.8, 4) is 0 Å². The summed E-state index contributed by atoms with van der Waals surface area (Å²) in [5.74, 6) is -1.30. The number of nitrogens with zero attached hydrogens (tertiary/aromatic N) is 2. The topological polar surface area (TPSA) is 96.4 Å². The van der Waals surface area contributed by atoms with Crippen LogP contribution in [0.5, 0.6) is 0 Å². The van der Waals surface area contributed by atoms with Gasteiger partial charge >= 0.3 is 0 Å². The van der Waals surface area contributed by atoms with E-state index in [-0.39, 0.29) is 28.6 Å². The molecule has 1 aromatic heterocycles. The largest absolute Gasteiger partial charge is 0.348 e. The maximum atomic E-state index is 12.6. The molecule has 0 unspecified atom stereocenters. The monoisotopic (exact) mass is 407 g/mol. The summed E-state index contributed by atoms with van der Waals surface area (Å²) in [4.78, 5) is 29.0. The Balaban J connectivity index is 1.89. The summed E-state index contributed by atoms with van der Waals surface area (Å²) < 4.78 is 25.6. The number of nitrogens with one attached hydrogen (secondary N) is 1. The molecule has 1 N–H and O–H groups in total. The number of pyridine rings is 1. The number of rotatable bonds is 4. The Morgan fingerprint density at radius 3 is 2.67 bits per heavy atom. The lowest BCUT2D eigenvalue weighted by molar-refractivity contribution is -0.123. The van der Waals surface area contributed by atoms with Crippen molar-refractivity contribution in [2.75, 3.05) is 10.1 Å². The number of hydrogen-bond donors (Lipinski definition) is 1. The first-order chi connectivity index (χ1) is 12.6. The Bertz CT molecular complexity index is 1010. The van der Waals surface area contributed by atoms with Crippen molar-refractivity contribution < 1.29 is 18.0 Å². The molecule has 1 aromatic carbocycles. The van der Waals surface area contributed by atoms with E-state index in [9.17, 15) is 18.0 Å². The van der Waals surface area contributed by atoms with E-state index < -0.39 is 27.3 Å². The van der Waals surface area contributed by atoms with Crippen molar-refractivity contribution in [1.29, 1.82) is 0 Å². The second-order valence-electron chi connectivity index (χ2n) is 6.92. The number of anilines is 1. The van der Waals surface area contributed by atoms with Gasteiger partial charge in [-0.1, -0.05) is 17.7 Å². The highest BCUT2D eigenvalue weighted by atomic mass is 35.5. The summed E-state index contributed by atoms with van der Waals surface area (Å²) in [6.07, 6.45) is 3.26. The predicted octanol–water partition coefficient (Wildman–Crippen LogP) is 2.37. The number of carbonyl (C=O) groups excluding carboxylic acids is 2. The maximum absolute atomic E-state index is 12.6. The minimum atomic E-state index is -3.86. The molecule has 0 radical (unpaired) electrons. The average molecular weight is 408 g/mol. The van der Waals surface area contributed by atoms with Crippen LogP contribution in [0.4, 0.5) is 5.69 Å². The molecular formula is C18H18ClN3O4S. The molecule has 27 heavy (non-hydrogen) atoms. The number of carbonyl (C=O) groups is 2. The number of halogens is 1. The molecule has 1 aliphatic rings. The van der Waals surface area contributed by atoms with Crippen molar-refractivity contribution >= 4 is 39.1 Å². The van der Waals surface area contributed by atoms with E-state index in [0.29, 0.717) is 4.31 Å². The Hall–Kier alpha value is -2.45. The Morgan fingerprint density at radius 1 is 1.33 bits per heavy atom. The summed E-state index contributed by atoms with van der Waals surface area (Å²) in [6, 6.07) is 7.77. The summed E-state index contributed by atoms with van der Waals surface area (Å²) in [6.45, 7) is 3.38. The molecule has 0 atom stereocenters. The first-order valence-electron chi connectivity index (χ1n) is 8.16. The van der Waals surface area contributed by atoms with Crippen LogP contribution in [-0.2, 0) is 21.4 Å². The molecule has 142 valence electrons. The minimum Gasteiger partial charge on any atom is -0.348 e. The van der Waals surface area contributed by atoms with Crippen LogP contribution in [0.2, 0.25) is 5.02 Å². The summed E-state index contributed by atoms with van der Waals surface area (Å²) in [5.41, 5.74) is -0.0489. The molecule has 0 bridgehead atoms. The van der Waals surface area contributed by atoms with Gasteiger partial charge in [-0.25, -0.2) is 12.7 Å². The van der Waals surface area contributed by atoms with Gasteiger partial charge in [0, 0.05) is 24.5 Å². The van der Waals surface area contributed by atoms with Crippen LogP contribution in [0, 0.1) is 5.41 Å². The molecule has 2 aromatic rings. The zero-order valence-electron chi connectivity index (χ0n) is 14.8. The standard InChI is InChI=1S/C18H18ClN3O4S/c1-18(2)11-27(25,26)22(17(18)24)15-8-13(5-6-14(15)19)16(23)21-10-12-4-3-7-20-9-12/h3-9H,10-11H2,1-2H3,(H,21,23). The number of sulfonamides is 1. The third-order valence-corrected chi connectivity index (χ3v) is 6.51. The molecule has 7 nitrogen and oxygen atoms in total. The lowest BCUT2D eigenvalue weighted by Gasteiger charge is -2.19. The molecule has 0 aliphatic carbocycles. The minimum absolute atomic E-state index is 0.0127. The van der Waals surface area contributed by atoms with Gasteiger partial charge in [-0.2, -0.15) is 0 Å². The molecule has 1 aliphatic heterocycles. The number of aromatic nitrogens is 1. The first-order valence-corrected chi connectivity index (χ1v) is 10.1. The number of amides is 2. The smallest absolute Gasteiger partial charge is 0.251 e. The zero-order chi connectivity index (χ0) is 19.8. The van der Waals surface area contributed by atoms with Gasteiger partial charge in [-0.05, 0) is 43.7 Å². The normalized spacial score (nSPS) is 17.7. The van der Waals surface area contributed by atoms with Crippen molar-refractivity contribution in [3.63, 3.8) is 0 Å². The summed E-state index contributed by atoms with van der Waals surface area (Å²) in [5, 5.41) is 2.80. The van der Waals surface area contributed by atoms with Crippen LogP contribution < -0.4 is 9.62 Å². The van der Waals surface area contributed by atoms with E-state index in [2.05, 4.69) is 10.3 Å². The molecule has 0 saturated carbocycles. The van der Waals surface area contributed by atoms with Crippen molar-refractivity contribution in [2.24, 2.45) is 5.41 Å². The van der Waals surface area contributed by atoms with Gasteiger partial charge < -0.3 is 5.32 Å². The summed E-state index contributed by atoms with van der Waals surface area (Å²) >= 11 is 6.14. The van der Waals surface area contributed by atoms with Gasteiger partial charge in [0.2, 0.25) is 15.9 Å². The molecule has 1 fully saturated rings. The van der Waals surface area contributed by atoms with Crippen LogP contribution in [0.3, 0.4) is 0 Å². The number of hydrogen-bond acceptors (Lipinski definition) is 5. The SMILES string of the molecule is CC1(C)CS(=O)(=O)N(c2cc(C(=O)NCc3cccnc3)ccc2Cl)C1=O. The van der Waals surface area contributed by atoms with Crippen LogP contribution in [0.1, 0.15) is 29.8 Å². The molecule has 1 saturated heterocycles. The highest BCUT2D eigenvalue weighted by Crippen LogP contribution is 2.39. The molecule has 2 heterocycles. The number of benzene rings is 1. The Labute approximate surface area is 162 Å². The van der Waals surface area contributed by atoms with Gasteiger partial charge in [-0.3, -0.25) is 14.6 Å². The van der Waals surface area contributed by atoms with Gasteiger partial charge in [0.05, 0.1) is 21.9 Å². The fourth-order valence-corrected chi connectivity index (χ4v) is 5.21. The average Bonchev–Trinajstić information content (AvgIpc) is 2.77. The van der Waals surface area contributed by atoms with Gasteiger partial charge in [0.15, 0.2) is 0 Å². The van der Waals surface area contributed by atoms with E-state index in [1.165, 1.54) is 18.2 Å². The van der Waals surface area contributed by atoms with Crippen LogP contribution in [-0.4, -0.2) is 31.0 Å². The van der Waals surface area contributed by atoms with Crippen LogP contribution in [0.15, 0.2) is 42.7 Å². The second-order valence-corrected chi connectivity index (χ2v) is 9.14. The van der Waals surface area contributed by atoms with Crippen molar-refractivity contribution in [2.45, 2.75) is 20.4 Å². The molecule has 0 spiro atoms. The van der Waals surface area contributed by atoms with Gasteiger partial charge in [0.25, 0.3) is 5.91 Å². The van der Waals surface area contributed by atoms with E-state index >= 15 is 0 Å². The molecule has 9 heteroatoms. The van der Waals surface area contributed by atoms with Gasteiger partial charge in [0.1, 0.15) is 0 Å². The predicted molar refractivity (Wildman–Crippen MR) is 102 cm³/mol. The third-order valence-electron chi connectivity index (χ3n) is 4.19. The lowest BCUT2D eigenvalue weighted by Crippen LogP contribution is -2.33. The molecular weight excluding hydrogens is 390 g/mol. The van der Waals surface area contributed by atoms with E-state index in [1.54, 1.807) is 32.3 Å². The van der Waals surface area contributed by atoms with Crippen molar-refractivity contribution in [1.82, 2.24) is 10.3 Å². The second kappa shape index (κ2) is 6.94. The quantitative estimate of drug-likeness (QED) is 0.839. The van der Waals surface area contributed by atoms with E-state index in [4.69, 9.17) is 11.6 Å². The van der Waals surface area contributed by atoms with Gasteiger partial charge in [-0.15, -0.1) is 0 Å². The van der Waals surface area contributed by atoms with E-state index in [1.807, 2.05) is 6.07 Å². The Morgan fingerprint density at radius 2 is 2.07 bits per heavy atom. The third kappa shape index (κ3) is 3.81. The van der Waals surface area contributed by atoms with Crippen LogP contribution >= 0.6 is 11.6 Å². The molecule has 2 amide bonds. The lowest BCUT2D eigenvalue weighted by atomic mass is 9.95. The highest BCUT2D eigenvalue weighted by molar-refractivity contribution is 7.94. The Kier molecular flexibility index (Phi) is 4.96. The molecule has 3 rings (SSSR count). The fourth-order valence-electron chi connectivity index (χ4n) is 2.84.